The Morgan fingerprint density at radius 2 is 0.830 bits per heavy atom. The van der Waals surface area contributed by atoms with E-state index in [1.165, 1.54) is 22.3 Å². The second kappa shape index (κ2) is 12.9. The lowest BCUT2D eigenvalue weighted by atomic mass is 10.0. The number of anilines is 3. The number of furan rings is 1. The summed E-state index contributed by atoms with van der Waals surface area (Å²) in [4.78, 5) is 7.10. The van der Waals surface area contributed by atoms with Crippen LogP contribution in [0.15, 0.2) is 203 Å². The highest BCUT2D eigenvalue weighted by Gasteiger charge is 2.17. The third-order valence-electron chi connectivity index (χ3n) is 9.91. The van der Waals surface area contributed by atoms with Gasteiger partial charge < -0.3 is 13.7 Å². The molecule has 0 spiro atoms. The summed E-state index contributed by atoms with van der Waals surface area (Å²) >= 11 is 0. The molecule has 10 aromatic rings. The quantitative estimate of drug-likeness (QED) is 0.168. The van der Waals surface area contributed by atoms with Crippen molar-refractivity contribution in [1.29, 1.82) is 0 Å². The predicted octanol–water partition coefficient (Wildman–Crippen LogP) is 13.9. The van der Waals surface area contributed by atoms with Crippen LogP contribution in [0, 0.1) is 0 Å². The molecule has 53 heavy (non-hydrogen) atoms. The van der Waals surface area contributed by atoms with Crippen molar-refractivity contribution in [1.82, 2.24) is 4.98 Å². The van der Waals surface area contributed by atoms with Crippen molar-refractivity contribution in [3.63, 3.8) is 0 Å². The Labute approximate surface area is 306 Å². The predicted molar refractivity (Wildman–Crippen MR) is 218 cm³/mol. The number of nitrogens with zero attached hydrogens (tertiary/aromatic N) is 2. The lowest BCUT2D eigenvalue weighted by Crippen LogP contribution is -2.10. The van der Waals surface area contributed by atoms with E-state index in [4.69, 9.17) is 13.8 Å². The molecular weight excluding hydrogens is 649 g/mol. The first kappa shape index (κ1) is 30.6. The number of hydrogen-bond donors (Lipinski definition) is 0. The van der Waals surface area contributed by atoms with Crippen molar-refractivity contribution >= 4 is 50.1 Å². The van der Waals surface area contributed by atoms with Gasteiger partial charge in [-0.15, -0.1) is 0 Å². The van der Waals surface area contributed by atoms with Gasteiger partial charge in [0.15, 0.2) is 5.58 Å². The minimum absolute atomic E-state index is 0.606. The first-order valence-corrected chi connectivity index (χ1v) is 17.8. The number of rotatable bonds is 7. The van der Waals surface area contributed by atoms with Crippen LogP contribution in [0.4, 0.5) is 17.1 Å². The first-order valence-electron chi connectivity index (χ1n) is 17.8. The number of fused-ring (bicyclic) bond motifs is 4. The second-order valence-corrected chi connectivity index (χ2v) is 13.2. The van der Waals surface area contributed by atoms with Gasteiger partial charge in [-0.1, -0.05) is 121 Å². The molecule has 4 nitrogen and oxygen atoms in total. The SMILES string of the molecule is c1ccc(-c2ccc(N(c3ccc(-c4ccc5c(c4)oc4cc6oc(-c7ccccc7)nc6cc45)cc3)c3cccc(-c4ccccc4)c3)cc2)cc1. The van der Waals surface area contributed by atoms with Gasteiger partial charge in [0.1, 0.15) is 16.7 Å². The Bertz CT molecular complexity index is 2860. The maximum Gasteiger partial charge on any atom is 0.227 e. The summed E-state index contributed by atoms with van der Waals surface area (Å²) in [6, 6.07) is 67.8. The molecule has 0 radical (unpaired) electrons. The Morgan fingerprint density at radius 1 is 0.321 bits per heavy atom. The van der Waals surface area contributed by atoms with E-state index in [0.29, 0.717) is 11.5 Å². The van der Waals surface area contributed by atoms with E-state index >= 15 is 0 Å². The van der Waals surface area contributed by atoms with Crippen LogP contribution in [0.3, 0.4) is 0 Å². The van der Waals surface area contributed by atoms with E-state index in [1.54, 1.807) is 0 Å². The van der Waals surface area contributed by atoms with E-state index in [-0.39, 0.29) is 0 Å². The largest absolute Gasteiger partial charge is 0.456 e. The Balaban J connectivity index is 1.00. The molecule has 2 aromatic heterocycles. The van der Waals surface area contributed by atoms with Gasteiger partial charge in [-0.2, -0.15) is 0 Å². The normalized spacial score (nSPS) is 11.4. The lowest BCUT2D eigenvalue weighted by Gasteiger charge is -2.26. The number of oxazole rings is 1. The number of benzene rings is 8. The van der Waals surface area contributed by atoms with Gasteiger partial charge >= 0.3 is 0 Å². The molecule has 0 unspecified atom stereocenters. The summed E-state index contributed by atoms with van der Waals surface area (Å²) in [5.74, 6) is 0.606. The number of hydrogen-bond acceptors (Lipinski definition) is 4. The van der Waals surface area contributed by atoms with Crippen molar-refractivity contribution in [3.05, 3.63) is 194 Å². The molecule has 0 aliphatic heterocycles. The highest BCUT2D eigenvalue weighted by Crippen LogP contribution is 2.40. The molecule has 2 heterocycles. The molecule has 0 amide bonds. The average Bonchev–Trinajstić information content (AvgIpc) is 3.82. The van der Waals surface area contributed by atoms with Crippen LogP contribution >= 0.6 is 0 Å². The van der Waals surface area contributed by atoms with Crippen LogP contribution < -0.4 is 4.90 Å². The van der Waals surface area contributed by atoms with Crippen LogP contribution in [0.5, 0.6) is 0 Å². The molecule has 0 saturated carbocycles. The van der Waals surface area contributed by atoms with Gasteiger partial charge in [0.05, 0.1) is 0 Å². The molecule has 0 N–H and O–H groups in total. The van der Waals surface area contributed by atoms with Crippen LogP contribution in [-0.2, 0) is 0 Å². The minimum atomic E-state index is 0.606. The zero-order valence-electron chi connectivity index (χ0n) is 28.7. The summed E-state index contributed by atoms with van der Waals surface area (Å²) in [7, 11) is 0. The summed E-state index contributed by atoms with van der Waals surface area (Å²) in [6.45, 7) is 0. The second-order valence-electron chi connectivity index (χ2n) is 13.2. The van der Waals surface area contributed by atoms with Gasteiger partial charge in [-0.25, -0.2) is 4.98 Å². The summed E-state index contributed by atoms with van der Waals surface area (Å²) in [5, 5.41) is 2.07. The van der Waals surface area contributed by atoms with Crippen LogP contribution in [0.1, 0.15) is 0 Å². The van der Waals surface area contributed by atoms with Gasteiger partial charge in [0.25, 0.3) is 0 Å². The number of aromatic nitrogens is 1. The van der Waals surface area contributed by atoms with Crippen LogP contribution in [-0.4, -0.2) is 4.98 Å². The third-order valence-corrected chi connectivity index (χ3v) is 9.91. The fourth-order valence-corrected chi connectivity index (χ4v) is 7.22. The third kappa shape index (κ3) is 5.73. The van der Waals surface area contributed by atoms with Gasteiger partial charge in [0, 0.05) is 39.5 Å². The lowest BCUT2D eigenvalue weighted by molar-refractivity contribution is 0.617. The molecule has 0 saturated heterocycles. The molecule has 10 rings (SSSR count). The van der Waals surface area contributed by atoms with E-state index in [0.717, 1.165) is 61.2 Å². The fourth-order valence-electron chi connectivity index (χ4n) is 7.22. The summed E-state index contributed by atoms with van der Waals surface area (Å²) in [5.41, 5.74) is 14.3. The van der Waals surface area contributed by atoms with Crippen molar-refractivity contribution < 1.29 is 8.83 Å². The van der Waals surface area contributed by atoms with E-state index in [9.17, 15) is 0 Å². The Hall–Kier alpha value is -7.17. The highest BCUT2D eigenvalue weighted by atomic mass is 16.4. The van der Waals surface area contributed by atoms with Crippen LogP contribution in [0.2, 0.25) is 0 Å². The molecule has 250 valence electrons. The van der Waals surface area contributed by atoms with Gasteiger partial charge in [-0.3, -0.25) is 0 Å². The summed E-state index contributed by atoms with van der Waals surface area (Å²) in [6.07, 6.45) is 0. The molecule has 0 aliphatic rings. The Morgan fingerprint density at radius 3 is 1.49 bits per heavy atom. The molecule has 0 aliphatic carbocycles. The van der Waals surface area contributed by atoms with Gasteiger partial charge in [0.2, 0.25) is 5.89 Å². The van der Waals surface area contributed by atoms with E-state index in [2.05, 4.69) is 163 Å². The zero-order chi connectivity index (χ0) is 35.1. The standard InChI is InChI=1S/C49H32N2O2/c1-4-11-33(12-5-1)35-19-24-40(25-20-35)51(42-18-10-17-38(29-42)34-13-6-2-7-14-34)41-26-21-36(22-27-41)39-23-28-43-44-31-45-48(32-47(44)52-46(43)30-39)53-49(50-45)37-15-8-3-9-16-37/h1-32H. The molecule has 8 aromatic carbocycles. The molecule has 0 atom stereocenters. The molecule has 0 bridgehead atoms. The Kier molecular flexibility index (Phi) is 7.43. The van der Waals surface area contributed by atoms with E-state index in [1.807, 2.05) is 36.4 Å². The fraction of sp³-hybridized carbons (Fsp3) is 0. The van der Waals surface area contributed by atoms with Crippen molar-refractivity contribution in [3.8, 4) is 44.8 Å². The highest BCUT2D eigenvalue weighted by molar-refractivity contribution is 6.09. The smallest absolute Gasteiger partial charge is 0.227 e. The summed E-state index contributed by atoms with van der Waals surface area (Å²) < 4.78 is 12.5. The van der Waals surface area contributed by atoms with Crippen molar-refractivity contribution in [2.75, 3.05) is 4.90 Å². The first-order chi connectivity index (χ1) is 26.2. The average molecular weight is 681 g/mol. The minimum Gasteiger partial charge on any atom is -0.456 e. The van der Waals surface area contributed by atoms with E-state index < -0.39 is 0 Å². The maximum atomic E-state index is 6.41. The molecular formula is C49H32N2O2. The topological polar surface area (TPSA) is 42.4 Å². The van der Waals surface area contributed by atoms with Crippen molar-refractivity contribution in [2.45, 2.75) is 0 Å². The molecule has 4 heteroatoms. The zero-order valence-corrected chi connectivity index (χ0v) is 28.7. The van der Waals surface area contributed by atoms with Gasteiger partial charge in [-0.05, 0) is 100 Å². The maximum absolute atomic E-state index is 6.41. The van der Waals surface area contributed by atoms with Crippen LogP contribution in [0.25, 0.3) is 77.9 Å². The molecule has 0 fully saturated rings. The van der Waals surface area contributed by atoms with Crippen molar-refractivity contribution in [2.24, 2.45) is 0 Å². The monoisotopic (exact) mass is 680 g/mol.